The summed E-state index contributed by atoms with van der Waals surface area (Å²) in [4.78, 5) is 0. The average molecular weight is 427 g/mol. The molecule has 0 aliphatic heterocycles. The minimum Gasteiger partial charge on any atom is -0.393 e. The van der Waals surface area contributed by atoms with Crippen LogP contribution in [0.5, 0.6) is 0 Å². The van der Waals surface area contributed by atoms with Crippen molar-refractivity contribution in [2.24, 2.45) is 50.2 Å². The van der Waals surface area contributed by atoms with Gasteiger partial charge in [0, 0.05) is 0 Å². The van der Waals surface area contributed by atoms with Crippen LogP contribution in [0, 0.1) is 50.2 Å². The van der Waals surface area contributed by atoms with E-state index in [-0.39, 0.29) is 22.3 Å². The number of hydrogen-bond donors (Lipinski definition) is 1. The topological polar surface area (TPSA) is 20.2 Å². The predicted octanol–water partition coefficient (Wildman–Crippen LogP) is 8.17. The molecule has 0 heterocycles. The van der Waals surface area contributed by atoms with Crippen LogP contribution in [-0.4, -0.2) is 11.2 Å². The zero-order valence-electron chi connectivity index (χ0n) is 21.9. The van der Waals surface area contributed by atoms with E-state index >= 15 is 0 Å². The summed E-state index contributed by atoms with van der Waals surface area (Å²) in [6, 6.07) is 0. The van der Waals surface area contributed by atoms with Gasteiger partial charge in [-0.25, -0.2) is 0 Å². The number of rotatable bonds is 0. The second kappa shape index (κ2) is 6.43. The fourth-order valence-corrected chi connectivity index (χ4v) is 11.2. The van der Waals surface area contributed by atoms with Crippen molar-refractivity contribution in [1.82, 2.24) is 0 Å². The molecule has 0 spiro atoms. The van der Waals surface area contributed by atoms with Crippen LogP contribution < -0.4 is 0 Å². The largest absolute Gasteiger partial charge is 0.393 e. The monoisotopic (exact) mass is 426 g/mol. The van der Waals surface area contributed by atoms with Crippen molar-refractivity contribution in [3.05, 3.63) is 11.6 Å². The van der Waals surface area contributed by atoms with Crippen LogP contribution in [-0.2, 0) is 0 Å². The highest BCUT2D eigenvalue weighted by Crippen LogP contribution is 2.74. The van der Waals surface area contributed by atoms with Crippen molar-refractivity contribution in [2.45, 2.75) is 126 Å². The summed E-state index contributed by atoms with van der Waals surface area (Å²) in [6.45, 7) is 20.4. The molecule has 31 heavy (non-hydrogen) atoms. The van der Waals surface area contributed by atoms with Gasteiger partial charge in [0.2, 0.25) is 0 Å². The van der Waals surface area contributed by atoms with Gasteiger partial charge >= 0.3 is 0 Å². The molecule has 0 aromatic heterocycles. The lowest BCUT2D eigenvalue weighted by atomic mass is 9.34. The first-order chi connectivity index (χ1) is 14.2. The zero-order chi connectivity index (χ0) is 22.7. The summed E-state index contributed by atoms with van der Waals surface area (Å²) in [7, 11) is 0. The molecule has 0 radical (unpaired) electrons. The SMILES string of the molecule is CC1(C)CCC2(C)CC=C3C(C)(CCC4C3(C)CC(O)C3C(C)(C)CCCC34C)C2C1. The Kier molecular flexibility index (Phi) is 4.66. The van der Waals surface area contributed by atoms with Crippen LogP contribution in [0.2, 0.25) is 0 Å². The van der Waals surface area contributed by atoms with Gasteiger partial charge in [-0.2, -0.15) is 0 Å². The molecular weight excluding hydrogens is 376 g/mol. The van der Waals surface area contributed by atoms with Crippen LogP contribution in [0.1, 0.15) is 120 Å². The van der Waals surface area contributed by atoms with Crippen molar-refractivity contribution < 1.29 is 5.11 Å². The average Bonchev–Trinajstić information content (AvgIpc) is 2.61. The minimum absolute atomic E-state index is 0.152. The number of hydrogen-bond acceptors (Lipinski definition) is 1. The highest BCUT2D eigenvalue weighted by molar-refractivity contribution is 5.35. The molecule has 5 rings (SSSR count). The molecule has 0 bridgehead atoms. The first kappa shape index (κ1) is 22.5. The van der Waals surface area contributed by atoms with Gasteiger partial charge in [0.25, 0.3) is 0 Å². The predicted molar refractivity (Wildman–Crippen MR) is 131 cm³/mol. The van der Waals surface area contributed by atoms with E-state index in [1.807, 2.05) is 0 Å². The summed E-state index contributed by atoms with van der Waals surface area (Å²) in [5.74, 6) is 1.99. The van der Waals surface area contributed by atoms with Gasteiger partial charge in [-0.3, -0.25) is 0 Å². The first-order valence-corrected chi connectivity index (χ1v) is 13.6. The van der Waals surface area contributed by atoms with Crippen LogP contribution in [0.15, 0.2) is 11.6 Å². The number of allylic oxidation sites excluding steroid dienone is 2. The highest BCUT2D eigenvalue weighted by Gasteiger charge is 2.67. The molecule has 0 saturated heterocycles. The van der Waals surface area contributed by atoms with Gasteiger partial charge in [0.05, 0.1) is 6.10 Å². The third kappa shape index (κ3) is 2.90. The van der Waals surface area contributed by atoms with Gasteiger partial charge in [-0.1, -0.05) is 73.5 Å². The van der Waals surface area contributed by atoms with Crippen molar-refractivity contribution in [1.29, 1.82) is 0 Å². The quantitative estimate of drug-likeness (QED) is 0.387. The standard InChI is InChI=1S/C30H50O/c1-25(2)16-17-27(5)14-10-21-28(6,23(27)19-25)15-11-22-29(7)13-9-12-26(3,4)24(29)20(31)18-30(21,22)8/h10,20,22-24,31H,9,11-19H2,1-8H3. The lowest BCUT2D eigenvalue weighted by Crippen LogP contribution is -2.64. The Bertz CT molecular complexity index is 790. The molecule has 5 aliphatic rings. The fourth-order valence-electron chi connectivity index (χ4n) is 11.2. The summed E-state index contributed by atoms with van der Waals surface area (Å²) >= 11 is 0. The molecule has 1 N–H and O–H groups in total. The Morgan fingerprint density at radius 1 is 0.774 bits per heavy atom. The molecule has 8 unspecified atom stereocenters. The van der Waals surface area contributed by atoms with Crippen molar-refractivity contribution in [3.63, 3.8) is 0 Å². The fraction of sp³-hybridized carbons (Fsp3) is 0.933. The first-order valence-electron chi connectivity index (χ1n) is 13.6. The molecule has 1 heteroatoms. The van der Waals surface area contributed by atoms with Gasteiger partial charge in [-0.15, -0.1) is 0 Å². The van der Waals surface area contributed by atoms with E-state index in [0.717, 1.165) is 18.3 Å². The Balaban J connectivity index is 1.59. The highest BCUT2D eigenvalue weighted by atomic mass is 16.3. The lowest BCUT2D eigenvalue weighted by Gasteiger charge is -2.70. The van der Waals surface area contributed by atoms with Crippen molar-refractivity contribution in [3.8, 4) is 0 Å². The Labute approximate surface area is 192 Å². The zero-order valence-corrected chi connectivity index (χ0v) is 21.9. The van der Waals surface area contributed by atoms with Crippen LogP contribution in [0.3, 0.4) is 0 Å². The second-order valence-electron chi connectivity index (χ2n) is 15.4. The smallest absolute Gasteiger partial charge is 0.0587 e. The van der Waals surface area contributed by atoms with Gasteiger partial charge in [0.15, 0.2) is 0 Å². The minimum atomic E-state index is -0.152. The van der Waals surface area contributed by atoms with E-state index in [1.54, 1.807) is 5.57 Å². The lowest BCUT2D eigenvalue weighted by molar-refractivity contribution is -0.199. The van der Waals surface area contributed by atoms with Crippen LogP contribution >= 0.6 is 0 Å². The van der Waals surface area contributed by atoms with Gasteiger partial charge < -0.3 is 5.11 Å². The molecule has 0 amide bonds. The maximum atomic E-state index is 11.7. The summed E-state index contributed by atoms with van der Waals surface area (Å²) in [5.41, 5.74) is 3.77. The van der Waals surface area contributed by atoms with Gasteiger partial charge in [0.1, 0.15) is 0 Å². The van der Waals surface area contributed by atoms with Crippen molar-refractivity contribution >= 4 is 0 Å². The Morgan fingerprint density at radius 3 is 2.19 bits per heavy atom. The van der Waals surface area contributed by atoms with E-state index in [9.17, 15) is 5.11 Å². The van der Waals surface area contributed by atoms with E-state index < -0.39 is 0 Å². The van der Waals surface area contributed by atoms with E-state index in [1.165, 1.54) is 57.8 Å². The Hall–Kier alpha value is -0.300. The summed E-state index contributed by atoms with van der Waals surface area (Å²) in [6.07, 6.45) is 15.7. The van der Waals surface area contributed by atoms with Crippen LogP contribution in [0.25, 0.3) is 0 Å². The molecular formula is C30H50O. The number of fused-ring (bicyclic) bond motifs is 7. The van der Waals surface area contributed by atoms with Crippen LogP contribution in [0.4, 0.5) is 0 Å². The summed E-state index contributed by atoms with van der Waals surface area (Å²) in [5, 5.41) is 11.7. The van der Waals surface area contributed by atoms with E-state index in [2.05, 4.69) is 61.5 Å². The van der Waals surface area contributed by atoms with Crippen molar-refractivity contribution in [2.75, 3.05) is 0 Å². The molecule has 0 aromatic rings. The molecule has 176 valence electrons. The molecule has 5 aliphatic carbocycles. The third-order valence-electron chi connectivity index (χ3n) is 12.4. The molecule has 1 nitrogen and oxygen atoms in total. The molecule has 4 saturated carbocycles. The van der Waals surface area contributed by atoms with Gasteiger partial charge in [-0.05, 0) is 108 Å². The number of aliphatic hydroxyl groups is 1. The molecule has 0 aromatic carbocycles. The normalized spacial score (nSPS) is 55.2. The van der Waals surface area contributed by atoms with E-state index in [4.69, 9.17) is 0 Å². The number of aliphatic hydroxyl groups excluding tert-OH is 1. The second-order valence-corrected chi connectivity index (χ2v) is 15.4. The van der Waals surface area contributed by atoms with E-state index in [0.29, 0.717) is 22.2 Å². The third-order valence-corrected chi connectivity index (χ3v) is 12.4. The maximum absolute atomic E-state index is 11.7. The Morgan fingerprint density at radius 2 is 1.48 bits per heavy atom. The molecule has 8 atom stereocenters. The summed E-state index contributed by atoms with van der Waals surface area (Å²) < 4.78 is 0. The maximum Gasteiger partial charge on any atom is 0.0587 e. The molecule has 4 fully saturated rings.